The van der Waals surface area contributed by atoms with Crippen LogP contribution in [-0.4, -0.2) is 10.9 Å². The second-order valence-corrected chi connectivity index (χ2v) is 9.15. The number of allylic oxidation sites excluding steroid dienone is 3. The van der Waals surface area contributed by atoms with E-state index in [4.69, 9.17) is 0 Å². The van der Waals surface area contributed by atoms with E-state index in [2.05, 4.69) is 50.3 Å². The van der Waals surface area contributed by atoms with E-state index in [0.29, 0.717) is 5.56 Å². The van der Waals surface area contributed by atoms with Gasteiger partial charge in [-0.3, -0.25) is 4.79 Å². The van der Waals surface area contributed by atoms with Crippen molar-refractivity contribution >= 4 is 11.9 Å². The molecule has 2 unspecified atom stereocenters. The lowest BCUT2D eigenvalue weighted by Gasteiger charge is -2.42. The van der Waals surface area contributed by atoms with Crippen LogP contribution < -0.4 is 0 Å². The van der Waals surface area contributed by atoms with Crippen molar-refractivity contribution in [3.63, 3.8) is 0 Å². The van der Waals surface area contributed by atoms with Crippen molar-refractivity contribution in [2.24, 2.45) is 5.41 Å². The lowest BCUT2D eigenvalue weighted by Crippen LogP contribution is -2.38. The molecule has 0 radical (unpaired) electrons. The molecule has 0 heterocycles. The van der Waals surface area contributed by atoms with Crippen molar-refractivity contribution in [1.29, 1.82) is 0 Å². The van der Waals surface area contributed by atoms with E-state index in [0.717, 1.165) is 34.2 Å². The monoisotopic (exact) mass is 382 g/mol. The molecule has 0 saturated heterocycles. The molecule has 2 aromatic carbocycles. The number of carbonyl (C=O) groups excluding carboxylic acids is 1. The van der Waals surface area contributed by atoms with Crippen LogP contribution in [0.25, 0.3) is 17.2 Å². The van der Waals surface area contributed by atoms with Gasteiger partial charge < -0.3 is 5.11 Å². The fourth-order valence-electron chi connectivity index (χ4n) is 5.59. The summed E-state index contributed by atoms with van der Waals surface area (Å²) in [6, 6.07) is 10.6. The van der Waals surface area contributed by atoms with E-state index in [1.54, 1.807) is 0 Å². The van der Waals surface area contributed by atoms with Crippen LogP contribution in [0.3, 0.4) is 0 Å². The maximum Gasteiger partial charge on any atom is 0.190 e. The minimum atomic E-state index is -0.739. The average molecular weight is 383 g/mol. The number of rotatable bonds is 1. The second-order valence-electron chi connectivity index (χ2n) is 9.15. The van der Waals surface area contributed by atoms with Gasteiger partial charge in [0.15, 0.2) is 5.78 Å². The molecule has 0 saturated carbocycles. The highest BCUT2D eigenvalue weighted by Gasteiger charge is 2.50. The van der Waals surface area contributed by atoms with Crippen molar-refractivity contribution in [2.45, 2.75) is 45.6 Å². The standard InChI is InChI=1S/C27H26O2/c1-5-8-16-10-13-20-19(15-16)17-11-12-18-22(23(17)26(20,2)3)25(29)27(4)14-7-6-9-21(27)24(18)28/h5,7-15,25,29H,6H2,1-4H3. The van der Waals surface area contributed by atoms with Gasteiger partial charge in [-0.2, -0.15) is 0 Å². The largest absolute Gasteiger partial charge is 0.387 e. The predicted octanol–water partition coefficient (Wildman–Crippen LogP) is 6.15. The van der Waals surface area contributed by atoms with Crippen molar-refractivity contribution in [3.05, 3.63) is 88.0 Å². The summed E-state index contributed by atoms with van der Waals surface area (Å²) in [5, 5.41) is 11.6. The van der Waals surface area contributed by atoms with Gasteiger partial charge in [0.25, 0.3) is 0 Å². The fourth-order valence-corrected chi connectivity index (χ4v) is 5.59. The summed E-state index contributed by atoms with van der Waals surface area (Å²) in [6.45, 7) is 8.41. The Labute approximate surface area is 172 Å². The van der Waals surface area contributed by atoms with Crippen molar-refractivity contribution < 1.29 is 9.90 Å². The number of aliphatic hydroxyl groups is 1. The van der Waals surface area contributed by atoms with E-state index in [9.17, 15) is 9.90 Å². The van der Waals surface area contributed by atoms with Gasteiger partial charge >= 0.3 is 0 Å². The molecule has 0 bridgehead atoms. The van der Waals surface area contributed by atoms with Crippen LogP contribution in [0.15, 0.2) is 60.2 Å². The van der Waals surface area contributed by atoms with Gasteiger partial charge in [0.2, 0.25) is 0 Å². The topological polar surface area (TPSA) is 37.3 Å². The SMILES string of the molecule is CC=Cc1ccc2c(c1)-c1ccc3c(c1C2(C)C)C(O)C1(C)C=CCC=C1C3=O. The minimum Gasteiger partial charge on any atom is -0.387 e. The van der Waals surface area contributed by atoms with E-state index in [1.165, 1.54) is 11.1 Å². The van der Waals surface area contributed by atoms with E-state index >= 15 is 0 Å². The van der Waals surface area contributed by atoms with Gasteiger partial charge in [-0.15, -0.1) is 0 Å². The zero-order valence-corrected chi connectivity index (χ0v) is 17.4. The van der Waals surface area contributed by atoms with Crippen LogP contribution in [0, 0.1) is 5.41 Å². The third-order valence-electron chi connectivity index (χ3n) is 7.07. The van der Waals surface area contributed by atoms with Gasteiger partial charge in [-0.05, 0) is 59.7 Å². The predicted molar refractivity (Wildman–Crippen MR) is 118 cm³/mol. The third kappa shape index (κ3) is 2.24. The molecule has 0 aromatic heterocycles. The third-order valence-corrected chi connectivity index (χ3v) is 7.07. The molecule has 0 amide bonds. The maximum atomic E-state index is 13.4. The van der Waals surface area contributed by atoms with E-state index < -0.39 is 11.5 Å². The molecular weight excluding hydrogens is 356 g/mol. The van der Waals surface area contributed by atoms with Gasteiger partial charge in [-0.25, -0.2) is 0 Å². The van der Waals surface area contributed by atoms with Crippen LogP contribution >= 0.6 is 0 Å². The molecule has 2 aromatic rings. The number of ketones is 1. The number of benzene rings is 2. The Hall–Kier alpha value is -2.71. The Bertz CT molecular complexity index is 1160. The van der Waals surface area contributed by atoms with Gasteiger partial charge in [-0.1, -0.05) is 68.5 Å². The molecule has 0 fully saturated rings. The Morgan fingerprint density at radius 1 is 1.07 bits per heavy atom. The number of hydrogen-bond acceptors (Lipinski definition) is 2. The number of Topliss-reactive ketones (excluding diaryl/α,β-unsaturated/α-hetero) is 1. The van der Waals surface area contributed by atoms with E-state index in [1.807, 2.05) is 38.1 Å². The van der Waals surface area contributed by atoms with Crippen LogP contribution in [0.4, 0.5) is 0 Å². The van der Waals surface area contributed by atoms with Crippen LogP contribution in [0.2, 0.25) is 0 Å². The molecule has 146 valence electrons. The van der Waals surface area contributed by atoms with Crippen LogP contribution in [0.1, 0.15) is 72.8 Å². The summed E-state index contributed by atoms with van der Waals surface area (Å²) < 4.78 is 0. The molecule has 1 N–H and O–H groups in total. The maximum absolute atomic E-state index is 13.4. The summed E-state index contributed by atoms with van der Waals surface area (Å²) in [5.74, 6) is 0.0568. The highest BCUT2D eigenvalue weighted by molar-refractivity contribution is 6.13. The Morgan fingerprint density at radius 2 is 1.83 bits per heavy atom. The molecule has 2 atom stereocenters. The molecular formula is C27H26O2. The quantitative estimate of drug-likeness (QED) is 0.601. The van der Waals surface area contributed by atoms with Crippen molar-refractivity contribution in [3.8, 4) is 11.1 Å². The van der Waals surface area contributed by atoms with Gasteiger partial charge in [0.05, 0.1) is 6.10 Å². The molecule has 3 aliphatic carbocycles. The molecule has 2 heteroatoms. The fraction of sp³-hybridized carbons (Fsp3) is 0.296. The van der Waals surface area contributed by atoms with Crippen molar-refractivity contribution in [2.75, 3.05) is 0 Å². The first kappa shape index (κ1) is 18.3. The summed E-state index contributed by atoms with van der Waals surface area (Å²) in [6.07, 6.45) is 10.2. The molecule has 2 nitrogen and oxygen atoms in total. The second kappa shape index (κ2) is 5.90. The smallest absolute Gasteiger partial charge is 0.190 e. The first-order valence-electron chi connectivity index (χ1n) is 10.4. The Morgan fingerprint density at radius 3 is 2.59 bits per heavy atom. The van der Waals surface area contributed by atoms with Gasteiger partial charge in [0.1, 0.15) is 0 Å². The van der Waals surface area contributed by atoms with Crippen LogP contribution in [-0.2, 0) is 5.41 Å². The zero-order chi connectivity index (χ0) is 20.6. The van der Waals surface area contributed by atoms with Crippen molar-refractivity contribution in [1.82, 2.24) is 0 Å². The average Bonchev–Trinajstić information content (AvgIpc) is 2.93. The molecule has 0 spiro atoms. The van der Waals surface area contributed by atoms with Gasteiger partial charge in [0, 0.05) is 22.0 Å². The van der Waals surface area contributed by atoms with E-state index in [-0.39, 0.29) is 11.2 Å². The highest BCUT2D eigenvalue weighted by atomic mass is 16.3. The lowest BCUT2D eigenvalue weighted by atomic mass is 9.62. The first-order valence-corrected chi connectivity index (χ1v) is 10.4. The Kier molecular flexibility index (Phi) is 3.73. The summed E-state index contributed by atoms with van der Waals surface area (Å²) >= 11 is 0. The number of carbonyl (C=O) groups is 1. The number of aliphatic hydroxyl groups excluding tert-OH is 1. The summed E-state index contributed by atoms with van der Waals surface area (Å²) in [5.41, 5.74) is 7.10. The summed E-state index contributed by atoms with van der Waals surface area (Å²) in [4.78, 5) is 13.4. The molecule has 29 heavy (non-hydrogen) atoms. The highest BCUT2D eigenvalue weighted by Crippen LogP contribution is 2.57. The van der Waals surface area contributed by atoms with Crippen LogP contribution in [0.5, 0.6) is 0 Å². The minimum absolute atomic E-state index is 0.0568. The molecule has 0 aliphatic heterocycles. The zero-order valence-electron chi connectivity index (χ0n) is 17.4. The summed E-state index contributed by atoms with van der Waals surface area (Å²) in [7, 11) is 0. The molecule has 3 aliphatic rings. The lowest BCUT2D eigenvalue weighted by molar-refractivity contribution is 0.0693. The number of hydrogen-bond donors (Lipinski definition) is 1. The number of fused-ring (bicyclic) bond motifs is 6. The first-order chi connectivity index (χ1) is 13.8. The molecule has 5 rings (SSSR count). The normalized spacial score (nSPS) is 26.0. The Balaban J connectivity index is 1.82.